The Bertz CT molecular complexity index is 628. The van der Waals surface area contributed by atoms with Gasteiger partial charge in [-0.2, -0.15) is 4.31 Å². The molecule has 1 fully saturated rings. The summed E-state index contributed by atoms with van der Waals surface area (Å²) in [7, 11) is -3.44. The van der Waals surface area contributed by atoms with Gasteiger partial charge in [0, 0.05) is 25.3 Å². The summed E-state index contributed by atoms with van der Waals surface area (Å²) in [4.78, 5) is 0.371. The second-order valence-corrected chi connectivity index (χ2v) is 7.94. The second-order valence-electron chi connectivity index (χ2n) is 6.00. The third-order valence-corrected chi connectivity index (χ3v) is 6.38. The lowest BCUT2D eigenvalue weighted by atomic mass is 10.0. The maximum Gasteiger partial charge on any atom is 0.243 e. The molecule has 21 heavy (non-hydrogen) atoms. The molecule has 3 rings (SSSR count). The van der Waals surface area contributed by atoms with Crippen molar-refractivity contribution in [3.63, 3.8) is 0 Å². The molecule has 1 aromatic rings. The molecule has 1 saturated heterocycles. The van der Waals surface area contributed by atoms with Crippen molar-refractivity contribution in [2.24, 2.45) is 5.92 Å². The number of aryl methyl sites for hydroxylation is 1. The Labute approximate surface area is 126 Å². The largest absolute Gasteiger partial charge is 0.393 e. The van der Waals surface area contributed by atoms with Gasteiger partial charge in [-0.3, -0.25) is 0 Å². The number of nitrogens with zero attached hydrogens (tertiary/aromatic N) is 1. The molecule has 0 spiro atoms. The molecule has 6 heteroatoms. The molecule has 0 aromatic heterocycles. The van der Waals surface area contributed by atoms with Gasteiger partial charge in [0.05, 0.1) is 11.0 Å². The first-order valence-electron chi connectivity index (χ1n) is 7.53. The van der Waals surface area contributed by atoms with Crippen LogP contribution in [0.4, 0.5) is 5.69 Å². The maximum absolute atomic E-state index is 12.7. The number of hydrogen-bond acceptors (Lipinski definition) is 4. The number of anilines is 1. The smallest absolute Gasteiger partial charge is 0.243 e. The number of hydrogen-bond donors (Lipinski definition) is 2. The fraction of sp³-hybridized carbons (Fsp3) is 0.600. The van der Waals surface area contributed by atoms with Crippen LogP contribution in [0.15, 0.2) is 23.1 Å². The van der Waals surface area contributed by atoms with Gasteiger partial charge in [0.15, 0.2) is 0 Å². The van der Waals surface area contributed by atoms with Crippen molar-refractivity contribution in [1.82, 2.24) is 4.31 Å². The molecular formula is C15H22N2O3S. The van der Waals surface area contributed by atoms with E-state index in [9.17, 15) is 13.5 Å². The minimum Gasteiger partial charge on any atom is -0.393 e. The molecule has 5 nitrogen and oxygen atoms in total. The lowest BCUT2D eigenvalue weighted by Gasteiger charge is -2.21. The highest BCUT2D eigenvalue weighted by molar-refractivity contribution is 7.89. The number of nitrogens with one attached hydrogen (secondary N) is 1. The van der Waals surface area contributed by atoms with Crippen LogP contribution in [0.1, 0.15) is 25.3 Å². The Kier molecular flexibility index (Phi) is 3.94. The number of fused-ring (bicyclic) bond motifs is 1. The van der Waals surface area contributed by atoms with Gasteiger partial charge < -0.3 is 10.4 Å². The van der Waals surface area contributed by atoms with Crippen LogP contribution >= 0.6 is 0 Å². The van der Waals surface area contributed by atoms with E-state index < -0.39 is 16.1 Å². The summed E-state index contributed by atoms with van der Waals surface area (Å²) in [6.07, 6.45) is 2.22. The molecule has 0 saturated carbocycles. The average Bonchev–Trinajstić information content (AvgIpc) is 2.97. The lowest BCUT2D eigenvalue weighted by Crippen LogP contribution is -2.30. The molecule has 0 radical (unpaired) electrons. The highest BCUT2D eigenvalue weighted by Crippen LogP contribution is 2.29. The first-order chi connectivity index (χ1) is 9.98. The Morgan fingerprint density at radius 2 is 2.24 bits per heavy atom. The van der Waals surface area contributed by atoms with Crippen molar-refractivity contribution in [2.45, 2.75) is 37.2 Å². The van der Waals surface area contributed by atoms with Gasteiger partial charge in [-0.1, -0.05) is 0 Å². The number of benzene rings is 1. The molecule has 2 heterocycles. The van der Waals surface area contributed by atoms with Crippen LogP contribution in [0, 0.1) is 5.92 Å². The van der Waals surface area contributed by atoms with E-state index in [-0.39, 0.29) is 5.92 Å². The van der Waals surface area contributed by atoms with Crippen LogP contribution < -0.4 is 5.32 Å². The van der Waals surface area contributed by atoms with Gasteiger partial charge in [0.2, 0.25) is 10.0 Å². The van der Waals surface area contributed by atoms with Crippen LogP contribution in [-0.4, -0.2) is 43.6 Å². The van der Waals surface area contributed by atoms with E-state index in [1.54, 1.807) is 19.1 Å². The summed E-state index contributed by atoms with van der Waals surface area (Å²) in [5.41, 5.74) is 2.12. The third-order valence-electron chi connectivity index (χ3n) is 4.52. The first-order valence-corrected chi connectivity index (χ1v) is 8.97. The van der Waals surface area contributed by atoms with E-state index in [0.29, 0.717) is 18.0 Å². The topological polar surface area (TPSA) is 69.6 Å². The number of sulfonamides is 1. The summed E-state index contributed by atoms with van der Waals surface area (Å²) in [5, 5.41) is 12.9. The Morgan fingerprint density at radius 3 is 2.95 bits per heavy atom. The Balaban J connectivity index is 1.85. The average molecular weight is 310 g/mol. The molecular weight excluding hydrogens is 288 g/mol. The van der Waals surface area contributed by atoms with Gasteiger partial charge in [-0.05, 0) is 55.9 Å². The first kappa shape index (κ1) is 14.8. The zero-order valence-electron chi connectivity index (χ0n) is 12.2. The second kappa shape index (κ2) is 5.59. The number of aliphatic hydroxyl groups excluding tert-OH is 1. The standard InChI is InChI=1S/C15H22N2O3S/c1-11(18)13-6-8-17(10-13)21(19,20)14-4-5-15-12(9-14)3-2-7-16-15/h4-5,9,11,13,16,18H,2-3,6-8,10H2,1H3. The molecule has 116 valence electrons. The molecule has 2 unspecified atom stereocenters. The van der Waals surface area contributed by atoms with E-state index >= 15 is 0 Å². The fourth-order valence-electron chi connectivity index (χ4n) is 3.13. The summed E-state index contributed by atoms with van der Waals surface area (Å²) < 4.78 is 26.9. The Hall–Kier alpha value is -1.11. The van der Waals surface area contributed by atoms with E-state index in [1.165, 1.54) is 4.31 Å². The normalized spacial score (nSPS) is 24.4. The SMILES string of the molecule is CC(O)C1CCN(S(=O)(=O)c2ccc3c(c2)CCCN3)C1. The van der Waals surface area contributed by atoms with Crippen LogP contribution in [0.3, 0.4) is 0 Å². The molecule has 2 N–H and O–H groups in total. The zero-order chi connectivity index (χ0) is 15.0. The van der Waals surface area contributed by atoms with Crippen molar-refractivity contribution < 1.29 is 13.5 Å². The third kappa shape index (κ3) is 2.80. The maximum atomic E-state index is 12.7. The van der Waals surface area contributed by atoms with E-state index in [2.05, 4.69) is 5.32 Å². The van der Waals surface area contributed by atoms with Gasteiger partial charge in [-0.15, -0.1) is 0 Å². The van der Waals surface area contributed by atoms with Crippen LogP contribution in [0.25, 0.3) is 0 Å². The van der Waals surface area contributed by atoms with Crippen LogP contribution in [0.5, 0.6) is 0 Å². The van der Waals surface area contributed by atoms with Gasteiger partial charge in [0.25, 0.3) is 0 Å². The van der Waals surface area contributed by atoms with E-state index in [4.69, 9.17) is 0 Å². The molecule has 0 amide bonds. The predicted octanol–water partition coefficient (Wildman–Crippen LogP) is 1.44. The predicted molar refractivity (Wildman–Crippen MR) is 81.8 cm³/mol. The molecule has 1 aromatic carbocycles. The highest BCUT2D eigenvalue weighted by Gasteiger charge is 2.34. The number of aliphatic hydroxyl groups is 1. The van der Waals surface area contributed by atoms with Crippen molar-refractivity contribution in [2.75, 3.05) is 25.0 Å². The van der Waals surface area contributed by atoms with E-state index in [0.717, 1.165) is 37.1 Å². The zero-order valence-corrected chi connectivity index (χ0v) is 13.1. The number of rotatable bonds is 3. The van der Waals surface area contributed by atoms with E-state index in [1.807, 2.05) is 6.07 Å². The van der Waals surface area contributed by atoms with Crippen molar-refractivity contribution in [3.8, 4) is 0 Å². The molecule has 0 aliphatic carbocycles. The summed E-state index contributed by atoms with van der Waals surface area (Å²) in [6.45, 7) is 3.58. The summed E-state index contributed by atoms with van der Waals surface area (Å²) in [6, 6.07) is 5.35. The molecule has 0 bridgehead atoms. The minimum atomic E-state index is -3.44. The highest BCUT2D eigenvalue weighted by atomic mass is 32.2. The molecule has 2 atom stereocenters. The molecule has 2 aliphatic heterocycles. The monoisotopic (exact) mass is 310 g/mol. The Morgan fingerprint density at radius 1 is 1.43 bits per heavy atom. The van der Waals surface area contributed by atoms with Gasteiger partial charge in [0.1, 0.15) is 0 Å². The van der Waals surface area contributed by atoms with Gasteiger partial charge >= 0.3 is 0 Å². The summed E-state index contributed by atoms with van der Waals surface area (Å²) >= 11 is 0. The minimum absolute atomic E-state index is 0.0408. The van der Waals surface area contributed by atoms with Gasteiger partial charge in [-0.25, -0.2) is 8.42 Å². The van der Waals surface area contributed by atoms with Crippen molar-refractivity contribution in [1.29, 1.82) is 0 Å². The quantitative estimate of drug-likeness (QED) is 0.886. The van der Waals surface area contributed by atoms with Crippen LogP contribution in [-0.2, 0) is 16.4 Å². The molecule has 2 aliphatic rings. The lowest BCUT2D eigenvalue weighted by molar-refractivity contribution is 0.133. The van der Waals surface area contributed by atoms with Crippen molar-refractivity contribution >= 4 is 15.7 Å². The fourth-order valence-corrected chi connectivity index (χ4v) is 4.69. The van der Waals surface area contributed by atoms with Crippen LogP contribution in [0.2, 0.25) is 0 Å². The van der Waals surface area contributed by atoms with Crippen molar-refractivity contribution in [3.05, 3.63) is 23.8 Å². The summed E-state index contributed by atoms with van der Waals surface area (Å²) in [5.74, 6) is 0.0408.